The van der Waals surface area contributed by atoms with Crippen LogP contribution in [0, 0.1) is 11.3 Å². The number of carbonyl (C=O) groups is 2. The molecule has 2 aromatic rings. The molecule has 2 aromatic carbocycles. The number of nitrogens with one attached hydrogen (secondary N) is 2. The molecule has 0 atom stereocenters. The number of halogens is 12. The van der Waals surface area contributed by atoms with E-state index in [2.05, 4.69) is 47.2 Å². The lowest BCUT2D eigenvalue weighted by atomic mass is 9.94. The number of benzene rings is 2. The SMILES string of the molecule is N#Cc1ccc(C(=O)Nc2c(Br)cc(C(F)(C(F)(F)F)C(F)(F)F)cc2Br)cc1NC(=O)OCC(Cl)(Cl)Cl. The van der Waals surface area contributed by atoms with E-state index in [1.807, 2.05) is 0 Å². The molecule has 0 radical (unpaired) electrons. The van der Waals surface area contributed by atoms with Crippen molar-refractivity contribution in [3.05, 3.63) is 56.0 Å². The molecule has 0 saturated heterocycles. The average molecular weight is 738 g/mol. The van der Waals surface area contributed by atoms with Gasteiger partial charge in [0, 0.05) is 20.1 Å². The summed E-state index contributed by atoms with van der Waals surface area (Å²) < 4.78 is 94.7. The predicted octanol–water partition coefficient (Wildman–Crippen LogP) is 8.54. The number of alkyl halides is 10. The summed E-state index contributed by atoms with van der Waals surface area (Å²) in [6.45, 7) is -0.660. The zero-order chi connectivity index (χ0) is 29.3. The molecule has 0 spiro atoms. The molecule has 0 aliphatic heterocycles. The highest BCUT2D eigenvalue weighted by Crippen LogP contribution is 2.54. The van der Waals surface area contributed by atoms with Crippen molar-refractivity contribution in [1.29, 1.82) is 5.26 Å². The summed E-state index contributed by atoms with van der Waals surface area (Å²) in [5.41, 5.74) is -8.43. The van der Waals surface area contributed by atoms with Crippen molar-refractivity contribution in [3.8, 4) is 6.07 Å². The molecule has 6 nitrogen and oxygen atoms in total. The Morgan fingerprint density at radius 1 is 0.921 bits per heavy atom. The van der Waals surface area contributed by atoms with Crippen LogP contribution in [0.1, 0.15) is 21.5 Å². The van der Waals surface area contributed by atoms with Gasteiger partial charge in [-0.3, -0.25) is 10.1 Å². The summed E-state index contributed by atoms with van der Waals surface area (Å²) in [5.74, 6) is -0.987. The summed E-state index contributed by atoms with van der Waals surface area (Å²) in [7, 11) is 0. The van der Waals surface area contributed by atoms with Crippen molar-refractivity contribution in [2.45, 2.75) is 21.8 Å². The summed E-state index contributed by atoms with van der Waals surface area (Å²) in [4.78, 5) is 24.7. The Hall–Kier alpha value is -1.99. The van der Waals surface area contributed by atoms with Crippen LogP contribution in [0.5, 0.6) is 0 Å². The van der Waals surface area contributed by atoms with Crippen LogP contribution < -0.4 is 10.6 Å². The first-order valence-corrected chi connectivity index (χ1v) is 12.1. The van der Waals surface area contributed by atoms with Crippen molar-refractivity contribution in [1.82, 2.24) is 0 Å². The van der Waals surface area contributed by atoms with Gasteiger partial charge in [0.25, 0.3) is 5.91 Å². The van der Waals surface area contributed by atoms with Gasteiger partial charge in [-0.15, -0.1) is 0 Å². The number of anilines is 2. The van der Waals surface area contributed by atoms with E-state index < -0.39 is 54.9 Å². The maximum Gasteiger partial charge on any atom is 0.435 e. The molecule has 18 heteroatoms. The van der Waals surface area contributed by atoms with Crippen LogP contribution in [-0.2, 0) is 10.4 Å². The molecular formula is C20H9Br2Cl3F7N3O3. The zero-order valence-electron chi connectivity index (χ0n) is 17.8. The summed E-state index contributed by atoms with van der Waals surface area (Å²) in [5, 5.41) is 13.6. The second kappa shape index (κ2) is 11.6. The van der Waals surface area contributed by atoms with Crippen molar-refractivity contribution < 1.29 is 45.1 Å². The Kier molecular flexibility index (Phi) is 9.86. The number of carbonyl (C=O) groups excluding carboxylic acids is 2. The highest BCUT2D eigenvalue weighted by molar-refractivity contribution is 9.11. The Morgan fingerprint density at radius 2 is 1.45 bits per heavy atom. The van der Waals surface area contributed by atoms with E-state index in [0.29, 0.717) is 0 Å². The lowest BCUT2D eigenvalue weighted by molar-refractivity contribution is -0.348. The van der Waals surface area contributed by atoms with Gasteiger partial charge in [0.1, 0.15) is 12.7 Å². The van der Waals surface area contributed by atoms with E-state index in [1.165, 1.54) is 0 Å². The van der Waals surface area contributed by atoms with Crippen LogP contribution in [-0.4, -0.2) is 34.8 Å². The highest BCUT2D eigenvalue weighted by atomic mass is 79.9. The van der Waals surface area contributed by atoms with E-state index in [9.17, 15) is 45.6 Å². The number of rotatable bonds is 5. The fourth-order valence-electron chi connectivity index (χ4n) is 2.75. The van der Waals surface area contributed by atoms with E-state index in [4.69, 9.17) is 34.8 Å². The van der Waals surface area contributed by atoms with E-state index in [-0.39, 0.29) is 34.6 Å². The molecule has 38 heavy (non-hydrogen) atoms. The first kappa shape index (κ1) is 32.2. The van der Waals surface area contributed by atoms with Crippen molar-refractivity contribution >= 4 is 90.0 Å². The van der Waals surface area contributed by atoms with Gasteiger partial charge in [0.15, 0.2) is 0 Å². The lowest BCUT2D eigenvalue weighted by Crippen LogP contribution is -2.50. The molecule has 2 rings (SSSR count). The van der Waals surface area contributed by atoms with Crippen LogP contribution in [0.2, 0.25) is 0 Å². The van der Waals surface area contributed by atoms with Gasteiger partial charge in [0.2, 0.25) is 3.79 Å². The monoisotopic (exact) mass is 735 g/mol. The van der Waals surface area contributed by atoms with Gasteiger partial charge >= 0.3 is 24.1 Å². The number of hydrogen-bond donors (Lipinski definition) is 2. The Morgan fingerprint density at radius 3 is 1.89 bits per heavy atom. The average Bonchev–Trinajstić information content (AvgIpc) is 2.77. The maximum atomic E-state index is 14.4. The first-order chi connectivity index (χ1) is 17.2. The van der Waals surface area contributed by atoms with Crippen LogP contribution in [0.25, 0.3) is 0 Å². The number of nitriles is 1. The minimum atomic E-state index is -6.35. The molecule has 0 saturated carbocycles. The van der Waals surface area contributed by atoms with Gasteiger partial charge in [-0.25, -0.2) is 9.18 Å². The minimum Gasteiger partial charge on any atom is -0.445 e. The van der Waals surface area contributed by atoms with Crippen molar-refractivity contribution in [3.63, 3.8) is 0 Å². The van der Waals surface area contributed by atoms with Gasteiger partial charge in [-0.2, -0.15) is 31.6 Å². The number of hydrogen-bond acceptors (Lipinski definition) is 4. The number of ether oxygens (including phenoxy) is 1. The van der Waals surface area contributed by atoms with Crippen LogP contribution in [0.15, 0.2) is 39.3 Å². The highest BCUT2D eigenvalue weighted by Gasteiger charge is 2.73. The third-order valence-electron chi connectivity index (χ3n) is 4.47. The third-order valence-corrected chi connectivity index (χ3v) is 6.04. The maximum absolute atomic E-state index is 14.4. The van der Waals surface area contributed by atoms with Crippen LogP contribution in [0.4, 0.5) is 46.9 Å². The molecule has 0 aliphatic carbocycles. The van der Waals surface area contributed by atoms with Crippen molar-refractivity contribution in [2.75, 3.05) is 17.2 Å². The summed E-state index contributed by atoms with van der Waals surface area (Å²) in [6, 6.07) is 5.43. The second-order valence-corrected chi connectivity index (χ2v) is 11.3. The molecular weight excluding hydrogens is 729 g/mol. The quantitative estimate of drug-likeness (QED) is 0.238. The molecule has 0 fully saturated rings. The second-order valence-electron chi connectivity index (χ2n) is 7.11. The van der Waals surface area contributed by atoms with Gasteiger partial charge in [-0.05, 0) is 62.2 Å². The molecule has 0 bridgehead atoms. The summed E-state index contributed by atoms with van der Waals surface area (Å²) >= 11 is 21.9. The molecule has 0 aliphatic rings. The zero-order valence-corrected chi connectivity index (χ0v) is 23.2. The van der Waals surface area contributed by atoms with E-state index >= 15 is 0 Å². The largest absolute Gasteiger partial charge is 0.445 e. The standard InChI is InChI=1S/C20H9Br2Cl3F7N3O3/c21-11-4-10(18(26,19(27,28)29)20(30,31)32)5-12(22)14(11)35-15(36)8-1-2-9(6-33)13(3-8)34-16(37)38-7-17(23,24)25/h1-5H,7H2,(H,34,37)(H,35,36). The molecule has 206 valence electrons. The fourth-order valence-corrected chi connectivity index (χ4v) is 4.29. The Balaban J connectivity index is 2.38. The normalized spacial score (nSPS) is 12.5. The molecule has 0 heterocycles. The minimum absolute atomic E-state index is 0.127. The van der Waals surface area contributed by atoms with E-state index in [1.54, 1.807) is 6.07 Å². The van der Waals surface area contributed by atoms with Gasteiger partial charge < -0.3 is 10.1 Å². The fraction of sp³-hybridized carbons (Fsp3) is 0.250. The van der Waals surface area contributed by atoms with Gasteiger partial charge in [0.05, 0.1) is 16.9 Å². The van der Waals surface area contributed by atoms with Crippen molar-refractivity contribution in [2.24, 2.45) is 0 Å². The molecule has 2 amide bonds. The molecule has 2 N–H and O–H groups in total. The van der Waals surface area contributed by atoms with Crippen LogP contribution in [0.3, 0.4) is 0 Å². The third kappa shape index (κ3) is 7.35. The van der Waals surface area contributed by atoms with Gasteiger partial charge in [-0.1, -0.05) is 34.8 Å². The van der Waals surface area contributed by atoms with Crippen LogP contribution >= 0.6 is 66.7 Å². The lowest BCUT2D eigenvalue weighted by Gasteiger charge is -2.31. The smallest absolute Gasteiger partial charge is 0.435 e. The Labute approximate surface area is 240 Å². The summed E-state index contributed by atoms with van der Waals surface area (Å²) in [6.07, 6.45) is -13.8. The number of nitrogens with zero attached hydrogens (tertiary/aromatic N) is 1. The molecule has 0 aromatic heterocycles. The topological polar surface area (TPSA) is 91.2 Å². The predicted molar refractivity (Wildman–Crippen MR) is 131 cm³/mol. The molecule has 0 unspecified atom stereocenters. The first-order valence-electron chi connectivity index (χ1n) is 9.39. The van der Waals surface area contributed by atoms with E-state index in [0.717, 1.165) is 18.2 Å². The number of amides is 2. The Bertz CT molecular complexity index is 1260.